The number of para-hydroxylation sites is 1. The summed E-state index contributed by atoms with van der Waals surface area (Å²) in [5.41, 5.74) is 4.95. The van der Waals surface area contributed by atoms with Gasteiger partial charge in [0.1, 0.15) is 5.75 Å². The van der Waals surface area contributed by atoms with E-state index in [9.17, 15) is 5.11 Å². The minimum absolute atomic E-state index is 0.0279. The molecule has 0 saturated carbocycles. The van der Waals surface area contributed by atoms with Gasteiger partial charge >= 0.3 is 0 Å². The number of phenolic OH excluding ortho intramolecular Hbond substituents is 1. The summed E-state index contributed by atoms with van der Waals surface area (Å²) in [5, 5.41) is 13.3. The van der Waals surface area contributed by atoms with Crippen LogP contribution < -0.4 is 10.2 Å². The lowest BCUT2D eigenvalue weighted by molar-refractivity contribution is 0.415. The third-order valence-electron chi connectivity index (χ3n) is 8.08. The first-order valence-corrected chi connectivity index (χ1v) is 15.4. The van der Waals surface area contributed by atoms with Crippen LogP contribution in [0.5, 0.6) is 5.75 Å². The Morgan fingerprint density at radius 2 is 1.47 bits per heavy atom. The average Bonchev–Trinajstić information content (AvgIpc) is 2.83. The molecule has 2 unspecified atom stereocenters. The molecule has 0 aromatic heterocycles. The van der Waals surface area contributed by atoms with Crippen LogP contribution in [-0.2, 0) is 16.0 Å². The van der Waals surface area contributed by atoms with Gasteiger partial charge in [-0.2, -0.15) is 0 Å². The van der Waals surface area contributed by atoms with E-state index in [1.807, 2.05) is 0 Å². The molecule has 0 spiro atoms. The highest BCUT2D eigenvalue weighted by atomic mass is 31.1. The second kappa shape index (κ2) is 11.9. The quantitative estimate of drug-likeness (QED) is 0.269. The van der Waals surface area contributed by atoms with Crippen molar-refractivity contribution in [3.63, 3.8) is 0 Å². The van der Waals surface area contributed by atoms with E-state index in [4.69, 9.17) is 0 Å². The van der Waals surface area contributed by atoms with Crippen LogP contribution in [0.1, 0.15) is 123 Å². The number of benzene rings is 2. The fraction of sp³-hybridized carbons (Fsp3) is 0.636. The van der Waals surface area contributed by atoms with E-state index in [1.54, 1.807) is 0 Å². The number of piperidine rings is 1. The lowest BCUT2D eigenvalue weighted by Gasteiger charge is -2.39. The molecule has 1 aliphatic rings. The highest BCUT2D eigenvalue weighted by Crippen LogP contribution is 2.54. The number of hydrogen-bond donors (Lipinski definition) is 1. The maximum atomic E-state index is 11.9. The molecule has 1 aliphatic heterocycles. The van der Waals surface area contributed by atoms with Crippen molar-refractivity contribution in [3.8, 4) is 5.75 Å². The van der Waals surface area contributed by atoms with E-state index in [0.29, 0.717) is 14.3 Å². The fourth-order valence-corrected chi connectivity index (χ4v) is 7.52. The van der Waals surface area contributed by atoms with E-state index < -0.39 is 0 Å². The molecule has 0 aliphatic carbocycles. The van der Waals surface area contributed by atoms with Gasteiger partial charge < -0.3 is 10.0 Å². The predicted octanol–water partition coefficient (Wildman–Crippen LogP) is 9.17. The van der Waals surface area contributed by atoms with Crippen molar-refractivity contribution >= 4 is 19.6 Å². The summed E-state index contributed by atoms with van der Waals surface area (Å²) in [6.45, 7) is 20.6. The van der Waals surface area contributed by atoms with Crippen molar-refractivity contribution in [2.24, 2.45) is 0 Å². The Labute approximate surface area is 224 Å². The largest absolute Gasteiger partial charge is 0.507 e. The summed E-state index contributed by atoms with van der Waals surface area (Å²) >= 11 is 0. The third-order valence-corrected chi connectivity index (χ3v) is 10.1. The number of anilines is 1. The molecule has 1 saturated heterocycles. The zero-order valence-electron chi connectivity index (χ0n) is 24.4. The summed E-state index contributed by atoms with van der Waals surface area (Å²) in [5.74, 6) is 0.539. The Morgan fingerprint density at radius 3 is 2.06 bits per heavy atom. The standard InChI is InChI=1S/C33H52NOP/c1-9-11-15-20-33(10-2,36-29-19-14-13-18-28(29)34-21-16-12-17-22-34)27-24-25(31(3,4)5)23-26(30(27)35)32(6,7)8/h13-14,18-19,23-24,35-36H,9-12,15-17,20-22H2,1-8H3. The first-order chi connectivity index (χ1) is 16.9. The van der Waals surface area contributed by atoms with Gasteiger partial charge in [0, 0.05) is 29.5 Å². The minimum atomic E-state index is -0.113. The molecule has 3 rings (SSSR count). The number of aromatic hydroxyl groups is 1. The smallest absolute Gasteiger partial charge is 0.123 e. The van der Waals surface area contributed by atoms with Crippen LogP contribution in [0.25, 0.3) is 0 Å². The van der Waals surface area contributed by atoms with Crippen LogP contribution >= 0.6 is 8.58 Å². The van der Waals surface area contributed by atoms with Crippen LogP contribution in [0.15, 0.2) is 36.4 Å². The number of unbranched alkanes of at least 4 members (excludes halogenated alkanes) is 2. The second-order valence-corrected chi connectivity index (χ2v) is 14.7. The van der Waals surface area contributed by atoms with Crippen LogP contribution in [0, 0.1) is 0 Å². The molecule has 3 heteroatoms. The first-order valence-electron chi connectivity index (χ1n) is 14.4. The fourth-order valence-electron chi connectivity index (χ4n) is 5.65. The Morgan fingerprint density at radius 1 is 0.833 bits per heavy atom. The molecule has 0 bridgehead atoms. The van der Waals surface area contributed by atoms with Crippen LogP contribution in [0.4, 0.5) is 5.69 Å². The topological polar surface area (TPSA) is 23.5 Å². The molecule has 200 valence electrons. The summed E-state index contributed by atoms with van der Waals surface area (Å²) in [4.78, 5) is 2.62. The molecule has 2 aromatic carbocycles. The first kappa shape index (κ1) is 29.0. The van der Waals surface area contributed by atoms with Crippen molar-refractivity contribution in [2.75, 3.05) is 18.0 Å². The molecular weight excluding hydrogens is 457 g/mol. The monoisotopic (exact) mass is 509 g/mol. The molecule has 0 radical (unpaired) electrons. The molecule has 2 nitrogen and oxygen atoms in total. The van der Waals surface area contributed by atoms with Crippen molar-refractivity contribution < 1.29 is 5.11 Å². The lowest BCUT2D eigenvalue weighted by atomic mass is 9.76. The zero-order valence-corrected chi connectivity index (χ0v) is 25.4. The van der Waals surface area contributed by atoms with E-state index >= 15 is 0 Å². The molecule has 0 amide bonds. The summed E-state index contributed by atoms with van der Waals surface area (Å²) in [7, 11) is 0.632. The second-order valence-electron chi connectivity index (χ2n) is 13.0. The maximum absolute atomic E-state index is 11.9. The van der Waals surface area contributed by atoms with E-state index in [-0.39, 0.29) is 16.0 Å². The van der Waals surface area contributed by atoms with Gasteiger partial charge in [-0.05, 0) is 65.4 Å². The highest BCUT2D eigenvalue weighted by Gasteiger charge is 2.37. The van der Waals surface area contributed by atoms with Gasteiger partial charge in [0.05, 0.1) is 0 Å². The molecule has 36 heavy (non-hydrogen) atoms. The average molecular weight is 510 g/mol. The third kappa shape index (κ3) is 6.66. The molecule has 2 aromatic rings. The van der Waals surface area contributed by atoms with Gasteiger partial charge in [0.25, 0.3) is 0 Å². The summed E-state index contributed by atoms with van der Waals surface area (Å²) in [6.07, 6.45) is 9.74. The van der Waals surface area contributed by atoms with Gasteiger partial charge in [-0.15, -0.1) is 0 Å². The van der Waals surface area contributed by atoms with Gasteiger partial charge in [-0.25, -0.2) is 0 Å². The van der Waals surface area contributed by atoms with Gasteiger partial charge in [0.2, 0.25) is 0 Å². The zero-order chi connectivity index (χ0) is 26.6. The molecule has 2 atom stereocenters. The van der Waals surface area contributed by atoms with E-state index in [0.717, 1.165) is 31.5 Å². The van der Waals surface area contributed by atoms with Gasteiger partial charge in [0.15, 0.2) is 0 Å². The molecule has 1 fully saturated rings. The van der Waals surface area contributed by atoms with Crippen LogP contribution in [0.3, 0.4) is 0 Å². The normalized spacial score (nSPS) is 17.1. The van der Waals surface area contributed by atoms with Crippen LogP contribution in [-0.4, -0.2) is 18.2 Å². The van der Waals surface area contributed by atoms with Crippen molar-refractivity contribution in [3.05, 3.63) is 53.1 Å². The number of rotatable bonds is 9. The van der Waals surface area contributed by atoms with Gasteiger partial charge in [-0.3, -0.25) is 0 Å². The highest BCUT2D eigenvalue weighted by molar-refractivity contribution is 7.49. The summed E-state index contributed by atoms with van der Waals surface area (Å²) in [6, 6.07) is 13.8. The summed E-state index contributed by atoms with van der Waals surface area (Å²) < 4.78 is 0. The van der Waals surface area contributed by atoms with Gasteiger partial charge in [-0.1, -0.05) is 114 Å². The van der Waals surface area contributed by atoms with E-state index in [1.165, 1.54) is 60.6 Å². The van der Waals surface area contributed by atoms with Crippen molar-refractivity contribution in [1.29, 1.82) is 0 Å². The molecular formula is C33H52NOP. The van der Waals surface area contributed by atoms with Crippen molar-refractivity contribution in [1.82, 2.24) is 0 Å². The predicted molar refractivity (Wildman–Crippen MR) is 162 cm³/mol. The van der Waals surface area contributed by atoms with Crippen molar-refractivity contribution in [2.45, 2.75) is 123 Å². The number of nitrogens with zero attached hydrogens (tertiary/aromatic N) is 1. The Bertz CT molecular complexity index is 994. The SMILES string of the molecule is CCCCCC(CC)(Pc1ccccc1N1CCCCC1)c1cc(C(C)(C)C)cc(C(C)(C)C)c1O. The lowest BCUT2D eigenvalue weighted by Crippen LogP contribution is -2.33. The Balaban J connectivity index is 2.20. The van der Waals surface area contributed by atoms with E-state index in [2.05, 4.69) is 96.7 Å². The maximum Gasteiger partial charge on any atom is 0.123 e. The van der Waals surface area contributed by atoms with Crippen LogP contribution in [0.2, 0.25) is 0 Å². The number of phenols is 1. The minimum Gasteiger partial charge on any atom is -0.507 e. The Hall–Kier alpha value is -1.53. The molecule has 1 heterocycles. The number of hydrogen-bond acceptors (Lipinski definition) is 2. The molecule has 1 N–H and O–H groups in total. The Kier molecular flexibility index (Phi) is 9.59.